The van der Waals surface area contributed by atoms with Crippen LogP contribution in [0.5, 0.6) is 0 Å². The molecule has 0 unspecified atom stereocenters. The first-order chi connectivity index (χ1) is 11.3. The molecule has 3 nitrogen and oxygen atoms in total. The van der Waals surface area contributed by atoms with Crippen LogP contribution in [0.3, 0.4) is 0 Å². The first-order valence-corrected chi connectivity index (χ1v) is 8.19. The molecule has 24 heavy (non-hydrogen) atoms. The maximum Gasteiger partial charge on any atom is 0.416 e. The van der Waals surface area contributed by atoms with Gasteiger partial charge in [-0.15, -0.1) is 11.3 Å². The van der Waals surface area contributed by atoms with Gasteiger partial charge in [-0.2, -0.15) is 13.2 Å². The lowest BCUT2D eigenvalue weighted by molar-refractivity contribution is -0.137. The minimum Gasteiger partial charge on any atom is -0.365 e. The average molecular weight is 351 g/mol. The molecule has 1 aromatic carbocycles. The molecule has 0 saturated carbocycles. The Morgan fingerprint density at radius 1 is 1.17 bits per heavy atom. The van der Waals surface area contributed by atoms with E-state index in [4.69, 9.17) is 0 Å². The second kappa shape index (κ2) is 5.98. The van der Waals surface area contributed by atoms with Crippen molar-refractivity contribution in [2.75, 3.05) is 12.4 Å². The van der Waals surface area contributed by atoms with E-state index in [-0.39, 0.29) is 0 Å². The third-order valence-electron chi connectivity index (χ3n) is 3.86. The van der Waals surface area contributed by atoms with Crippen LogP contribution in [0.4, 0.5) is 18.3 Å². The number of anilines is 1. The van der Waals surface area contributed by atoms with Crippen LogP contribution in [0.1, 0.15) is 17.0 Å². The number of benzene rings is 1. The van der Waals surface area contributed by atoms with Crippen molar-refractivity contribution < 1.29 is 13.2 Å². The van der Waals surface area contributed by atoms with Crippen molar-refractivity contribution in [2.24, 2.45) is 0 Å². The Labute approximate surface area is 141 Å². The highest BCUT2D eigenvalue weighted by Crippen LogP contribution is 2.34. The van der Waals surface area contributed by atoms with E-state index in [0.29, 0.717) is 5.69 Å². The van der Waals surface area contributed by atoms with Crippen LogP contribution >= 0.6 is 11.3 Å². The lowest BCUT2D eigenvalue weighted by Gasteiger charge is -2.13. The molecule has 0 amide bonds. The number of aromatic nitrogens is 2. The highest BCUT2D eigenvalue weighted by Gasteiger charge is 2.30. The van der Waals surface area contributed by atoms with Crippen molar-refractivity contribution in [3.05, 3.63) is 52.7 Å². The minimum atomic E-state index is -4.36. The lowest BCUT2D eigenvalue weighted by Crippen LogP contribution is -2.07. The number of aryl methyl sites for hydroxylation is 1. The Balaban J connectivity index is 2.10. The van der Waals surface area contributed by atoms with Crippen molar-refractivity contribution in [3.63, 3.8) is 0 Å². The smallest absolute Gasteiger partial charge is 0.365 e. The molecule has 0 bridgehead atoms. The quantitative estimate of drug-likeness (QED) is 0.696. The maximum atomic E-state index is 13.0. The van der Waals surface area contributed by atoms with Crippen LogP contribution < -0.4 is 5.32 Å². The van der Waals surface area contributed by atoms with Crippen LogP contribution in [0.15, 0.2) is 35.7 Å². The second-order valence-corrected chi connectivity index (χ2v) is 6.31. The molecule has 3 rings (SSSR count). The van der Waals surface area contributed by atoms with Crippen molar-refractivity contribution >= 4 is 16.5 Å². The summed E-state index contributed by atoms with van der Waals surface area (Å²) >= 11 is 1.49. The van der Waals surface area contributed by atoms with E-state index in [1.54, 1.807) is 13.1 Å². The van der Waals surface area contributed by atoms with Gasteiger partial charge < -0.3 is 9.88 Å². The predicted molar refractivity (Wildman–Crippen MR) is 90.9 cm³/mol. The molecular weight excluding hydrogens is 335 g/mol. The van der Waals surface area contributed by atoms with Crippen LogP contribution in [-0.2, 0) is 6.18 Å². The Hall–Kier alpha value is -2.28. The summed E-state index contributed by atoms with van der Waals surface area (Å²) in [6, 6.07) is 7.31. The maximum absolute atomic E-state index is 13.0. The van der Waals surface area contributed by atoms with Crippen LogP contribution in [0.25, 0.3) is 16.9 Å². The highest BCUT2D eigenvalue weighted by molar-refractivity contribution is 7.14. The van der Waals surface area contributed by atoms with Crippen LogP contribution in [0.2, 0.25) is 0 Å². The number of thiazole rings is 1. The van der Waals surface area contributed by atoms with Gasteiger partial charge in [0.2, 0.25) is 0 Å². The van der Waals surface area contributed by atoms with Crippen LogP contribution in [-0.4, -0.2) is 16.6 Å². The van der Waals surface area contributed by atoms with E-state index in [2.05, 4.69) is 10.3 Å². The summed E-state index contributed by atoms with van der Waals surface area (Å²) in [7, 11) is 1.80. The first kappa shape index (κ1) is 16.6. The molecule has 0 aliphatic carbocycles. The van der Waals surface area contributed by atoms with Gasteiger partial charge in [-0.3, -0.25) is 0 Å². The minimum absolute atomic E-state index is 0.496. The molecule has 0 saturated heterocycles. The third kappa shape index (κ3) is 2.91. The molecule has 126 valence electrons. The van der Waals surface area contributed by atoms with Crippen molar-refractivity contribution in [2.45, 2.75) is 20.0 Å². The van der Waals surface area contributed by atoms with Crippen molar-refractivity contribution in [1.29, 1.82) is 0 Å². The molecule has 2 heterocycles. The van der Waals surface area contributed by atoms with Gasteiger partial charge in [0.25, 0.3) is 0 Å². The van der Waals surface area contributed by atoms with Gasteiger partial charge in [0.15, 0.2) is 5.13 Å². The predicted octanol–water partition coefficient (Wildman–Crippen LogP) is 5.28. The summed E-state index contributed by atoms with van der Waals surface area (Å²) in [6.45, 7) is 3.77. The monoisotopic (exact) mass is 351 g/mol. The molecule has 0 atom stereocenters. The first-order valence-electron chi connectivity index (χ1n) is 7.31. The summed E-state index contributed by atoms with van der Waals surface area (Å²) in [6.07, 6.45) is -4.36. The Kier molecular flexibility index (Phi) is 4.13. The van der Waals surface area contributed by atoms with E-state index in [1.807, 2.05) is 29.9 Å². The summed E-state index contributed by atoms with van der Waals surface area (Å²) in [5, 5.41) is 5.72. The van der Waals surface area contributed by atoms with Gasteiger partial charge in [0, 0.05) is 35.1 Å². The molecule has 1 N–H and O–H groups in total. The Morgan fingerprint density at radius 3 is 2.54 bits per heavy atom. The molecule has 0 aliphatic rings. The summed E-state index contributed by atoms with van der Waals surface area (Å²) in [4.78, 5) is 4.48. The molecule has 0 radical (unpaired) electrons. The molecule has 0 spiro atoms. The fourth-order valence-electron chi connectivity index (χ4n) is 2.75. The second-order valence-electron chi connectivity index (χ2n) is 5.46. The van der Waals surface area contributed by atoms with E-state index in [9.17, 15) is 13.2 Å². The van der Waals surface area contributed by atoms with E-state index < -0.39 is 11.7 Å². The van der Waals surface area contributed by atoms with Crippen molar-refractivity contribution in [1.82, 2.24) is 9.55 Å². The number of rotatable bonds is 3. The summed E-state index contributed by atoms with van der Waals surface area (Å²) in [5.41, 5.74) is 3.30. The zero-order chi connectivity index (χ0) is 17.5. The van der Waals surface area contributed by atoms with E-state index >= 15 is 0 Å². The fourth-order valence-corrected chi connectivity index (χ4v) is 3.42. The number of halogens is 3. The van der Waals surface area contributed by atoms with Crippen molar-refractivity contribution in [3.8, 4) is 16.9 Å². The van der Waals surface area contributed by atoms with Gasteiger partial charge in [0.1, 0.15) is 0 Å². The van der Waals surface area contributed by atoms with Gasteiger partial charge >= 0.3 is 6.18 Å². The topological polar surface area (TPSA) is 29.9 Å². The van der Waals surface area contributed by atoms with Gasteiger partial charge in [-0.05, 0) is 38.1 Å². The number of alkyl halides is 3. The van der Waals surface area contributed by atoms with Gasteiger partial charge in [0.05, 0.1) is 11.3 Å². The number of nitrogens with one attached hydrogen (secondary N) is 1. The molecule has 0 fully saturated rings. The SMILES string of the molecule is CNc1nc(-c2cc(C)n(-c3cccc(C(F)(F)F)c3)c2C)cs1. The Bertz CT molecular complexity index is 878. The summed E-state index contributed by atoms with van der Waals surface area (Å²) in [5.74, 6) is 0. The molecule has 0 aliphatic heterocycles. The molecule has 2 aromatic heterocycles. The zero-order valence-electron chi connectivity index (χ0n) is 13.4. The summed E-state index contributed by atoms with van der Waals surface area (Å²) < 4.78 is 40.7. The Morgan fingerprint density at radius 2 is 1.92 bits per heavy atom. The third-order valence-corrected chi connectivity index (χ3v) is 4.72. The van der Waals surface area contributed by atoms with E-state index in [1.165, 1.54) is 23.5 Å². The van der Waals surface area contributed by atoms with E-state index in [0.717, 1.165) is 33.8 Å². The number of nitrogens with zero attached hydrogens (tertiary/aromatic N) is 2. The largest absolute Gasteiger partial charge is 0.416 e. The van der Waals surface area contributed by atoms with Gasteiger partial charge in [-0.25, -0.2) is 4.98 Å². The molecular formula is C17H16F3N3S. The average Bonchev–Trinajstić information content (AvgIpc) is 3.11. The highest BCUT2D eigenvalue weighted by atomic mass is 32.1. The number of hydrogen-bond acceptors (Lipinski definition) is 3. The van der Waals surface area contributed by atoms with Crippen LogP contribution in [0, 0.1) is 13.8 Å². The lowest BCUT2D eigenvalue weighted by atomic mass is 10.2. The van der Waals surface area contributed by atoms with Gasteiger partial charge in [-0.1, -0.05) is 6.07 Å². The zero-order valence-corrected chi connectivity index (χ0v) is 14.2. The standard InChI is InChI=1S/C17H16F3N3S/c1-10-7-14(15-9-24-16(21-3)22-15)11(2)23(10)13-6-4-5-12(8-13)17(18,19)20/h4-9H,1-3H3,(H,21,22). The normalized spacial score (nSPS) is 11.8. The fraction of sp³-hybridized carbons (Fsp3) is 0.235. The number of hydrogen-bond donors (Lipinski definition) is 1. The molecule has 7 heteroatoms. The molecule has 3 aromatic rings.